The standard InChI is InChI=1S/C8H13FO3/c1-4-7(9)8(5(2)11-4)12-6(3)10/h4-5,7-8H,1-3H3. The number of hydrogen-bond donors (Lipinski definition) is 0. The number of hydrogen-bond acceptors (Lipinski definition) is 3. The van der Waals surface area contributed by atoms with Crippen molar-refractivity contribution in [3.05, 3.63) is 0 Å². The van der Waals surface area contributed by atoms with E-state index in [1.54, 1.807) is 13.8 Å². The van der Waals surface area contributed by atoms with Gasteiger partial charge in [-0.1, -0.05) is 0 Å². The molecule has 0 aromatic heterocycles. The summed E-state index contributed by atoms with van der Waals surface area (Å²) < 4.78 is 23.1. The van der Waals surface area contributed by atoms with E-state index in [0.29, 0.717) is 0 Å². The molecule has 70 valence electrons. The quantitative estimate of drug-likeness (QED) is 0.560. The Bertz CT molecular complexity index is 183. The molecule has 0 aliphatic carbocycles. The van der Waals surface area contributed by atoms with Gasteiger partial charge in [0, 0.05) is 6.92 Å². The maximum absolute atomic E-state index is 13.2. The van der Waals surface area contributed by atoms with Crippen molar-refractivity contribution in [2.45, 2.75) is 45.3 Å². The van der Waals surface area contributed by atoms with Crippen molar-refractivity contribution in [2.75, 3.05) is 0 Å². The SMILES string of the molecule is CC(=O)OC1C(C)OC(C)C1F. The van der Waals surface area contributed by atoms with Crippen molar-refractivity contribution in [3.63, 3.8) is 0 Å². The van der Waals surface area contributed by atoms with Crippen LogP contribution in [0.5, 0.6) is 0 Å². The van der Waals surface area contributed by atoms with Gasteiger partial charge < -0.3 is 9.47 Å². The topological polar surface area (TPSA) is 35.5 Å². The van der Waals surface area contributed by atoms with E-state index in [4.69, 9.17) is 9.47 Å². The van der Waals surface area contributed by atoms with Crippen molar-refractivity contribution in [1.29, 1.82) is 0 Å². The zero-order chi connectivity index (χ0) is 9.30. The Morgan fingerprint density at radius 3 is 2.33 bits per heavy atom. The van der Waals surface area contributed by atoms with Crippen molar-refractivity contribution in [2.24, 2.45) is 0 Å². The van der Waals surface area contributed by atoms with E-state index in [0.717, 1.165) is 0 Å². The monoisotopic (exact) mass is 176 g/mol. The second kappa shape index (κ2) is 3.39. The van der Waals surface area contributed by atoms with Crippen LogP contribution in [0.15, 0.2) is 0 Å². The molecule has 4 unspecified atom stereocenters. The summed E-state index contributed by atoms with van der Waals surface area (Å²) in [5, 5.41) is 0. The minimum atomic E-state index is -1.20. The zero-order valence-electron chi connectivity index (χ0n) is 7.41. The second-order valence-corrected chi connectivity index (χ2v) is 3.06. The third-order valence-corrected chi connectivity index (χ3v) is 1.96. The molecule has 0 bridgehead atoms. The van der Waals surface area contributed by atoms with Crippen LogP contribution >= 0.6 is 0 Å². The van der Waals surface area contributed by atoms with E-state index in [1.165, 1.54) is 6.92 Å². The largest absolute Gasteiger partial charge is 0.457 e. The van der Waals surface area contributed by atoms with Gasteiger partial charge >= 0.3 is 5.97 Å². The highest BCUT2D eigenvalue weighted by Crippen LogP contribution is 2.25. The number of alkyl halides is 1. The van der Waals surface area contributed by atoms with E-state index < -0.39 is 24.3 Å². The van der Waals surface area contributed by atoms with Gasteiger partial charge in [-0.05, 0) is 13.8 Å². The van der Waals surface area contributed by atoms with Gasteiger partial charge in [-0.3, -0.25) is 4.79 Å². The van der Waals surface area contributed by atoms with Gasteiger partial charge in [0.25, 0.3) is 0 Å². The first kappa shape index (κ1) is 9.45. The third kappa shape index (κ3) is 1.75. The molecule has 0 aromatic rings. The van der Waals surface area contributed by atoms with Crippen LogP contribution in [0.3, 0.4) is 0 Å². The summed E-state index contributed by atoms with van der Waals surface area (Å²) in [7, 11) is 0. The third-order valence-electron chi connectivity index (χ3n) is 1.96. The fourth-order valence-electron chi connectivity index (χ4n) is 1.37. The van der Waals surface area contributed by atoms with Crippen LogP contribution in [0.25, 0.3) is 0 Å². The first-order valence-electron chi connectivity index (χ1n) is 3.99. The summed E-state index contributed by atoms with van der Waals surface area (Å²) in [6.07, 6.45) is -2.77. The fraction of sp³-hybridized carbons (Fsp3) is 0.875. The van der Waals surface area contributed by atoms with Crippen LogP contribution in [-0.4, -0.2) is 30.5 Å². The van der Waals surface area contributed by atoms with E-state index in [9.17, 15) is 9.18 Å². The predicted molar refractivity (Wildman–Crippen MR) is 40.5 cm³/mol. The van der Waals surface area contributed by atoms with Crippen molar-refractivity contribution < 1.29 is 18.7 Å². The summed E-state index contributed by atoms with van der Waals surface area (Å²) in [6.45, 7) is 4.59. The van der Waals surface area contributed by atoms with Crippen LogP contribution in [-0.2, 0) is 14.3 Å². The molecular weight excluding hydrogens is 163 g/mol. The molecular formula is C8H13FO3. The van der Waals surface area contributed by atoms with Gasteiger partial charge in [0.05, 0.1) is 12.2 Å². The molecule has 0 aromatic carbocycles. The highest BCUT2D eigenvalue weighted by Gasteiger charge is 2.42. The fourth-order valence-corrected chi connectivity index (χ4v) is 1.37. The Hall–Kier alpha value is -0.640. The van der Waals surface area contributed by atoms with Crippen molar-refractivity contribution >= 4 is 5.97 Å². The van der Waals surface area contributed by atoms with Crippen molar-refractivity contribution in [1.82, 2.24) is 0 Å². The van der Waals surface area contributed by atoms with Gasteiger partial charge in [-0.15, -0.1) is 0 Å². The molecule has 4 atom stereocenters. The van der Waals surface area contributed by atoms with Crippen LogP contribution in [0.1, 0.15) is 20.8 Å². The minimum absolute atomic E-state index is 0.348. The highest BCUT2D eigenvalue weighted by atomic mass is 19.1. The molecule has 1 saturated heterocycles. The molecule has 0 radical (unpaired) electrons. The molecule has 1 heterocycles. The smallest absolute Gasteiger partial charge is 0.303 e. The van der Waals surface area contributed by atoms with Gasteiger partial charge in [0.15, 0.2) is 12.3 Å². The lowest BCUT2D eigenvalue weighted by molar-refractivity contribution is -0.150. The Morgan fingerprint density at radius 2 is 2.00 bits per heavy atom. The summed E-state index contributed by atoms with van der Waals surface area (Å²) in [5.41, 5.74) is 0. The summed E-state index contributed by atoms with van der Waals surface area (Å²) in [6, 6.07) is 0. The number of halogens is 1. The molecule has 1 fully saturated rings. The van der Waals surface area contributed by atoms with Crippen LogP contribution < -0.4 is 0 Å². The molecule has 12 heavy (non-hydrogen) atoms. The molecule has 1 aliphatic heterocycles. The lowest BCUT2D eigenvalue weighted by Gasteiger charge is -2.15. The van der Waals surface area contributed by atoms with Gasteiger partial charge in [-0.25, -0.2) is 4.39 Å². The maximum atomic E-state index is 13.2. The van der Waals surface area contributed by atoms with Gasteiger partial charge in [-0.2, -0.15) is 0 Å². The summed E-state index contributed by atoms with van der Waals surface area (Å²) >= 11 is 0. The first-order valence-corrected chi connectivity index (χ1v) is 3.99. The Labute approximate surface area is 70.8 Å². The number of carbonyl (C=O) groups excluding carboxylic acids is 1. The Morgan fingerprint density at radius 1 is 1.42 bits per heavy atom. The molecule has 0 spiro atoms. The molecule has 1 rings (SSSR count). The van der Waals surface area contributed by atoms with E-state index >= 15 is 0 Å². The molecule has 0 saturated carbocycles. The number of carbonyl (C=O) groups is 1. The Balaban J connectivity index is 2.57. The van der Waals surface area contributed by atoms with E-state index in [2.05, 4.69) is 0 Å². The van der Waals surface area contributed by atoms with Crippen molar-refractivity contribution in [3.8, 4) is 0 Å². The lowest BCUT2D eigenvalue weighted by Crippen LogP contribution is -2.31. The summed E-state index contributed by atoms with van der Waals surface area (Å²) in [4.78, 5) is 10.6. The molecule has 0 amide bonds. The number of ether oxygens (including phenoxy) is 2. The zero-order valence-corrected chi connectivity index (χ0v) is 7.41. The number of esters is 1. The molecule has 3 nitrogen and oxygen atoms in total. The normalized spacial score (nSPS) is 41.3. The predicted octanol–water partition coefficient (Wildman–Crippen LogP) is 1.06. The first-order chi connectivity index (χ1) is 5.52. The second-order valence-electron chi connectivity index (χ2n) is 3.06. The molecule has 4 heteroatoms. The average Bonchev–Trinajstić information content (AvgIpc) is 2.16. The average molecular weight is 176 g/mol. The molecule has 1 aliphatic rings. The number of rotatable bonds is 1. The van der Waals surface area contributed by atoms with Gasteiger partial charge in [0.2, 0.25) is 0 Å². The van der Waals surface area contributed by atoms with Crippen LogP contribution in [0, 0.1) is 0 Å². The van der Waals surface area contributed by atoms with Crippen LogP contribution in [0.2, 0.25) is 0 Å². The van der Waals surface area contributed by atoms with E-state index in [1.807, 2.05) is 0 Å². The lowest BCUT2D eigenvalue weighted by atomic mass is 10.1. The Kier molecular flexibility index (Phi) is 2.67. The minimum Gasteiger partial charge on any atom is -0.457 e. The highest BCUT2D eigenvalue weighted by molar-refractivity contribution is 5.66. The summed E-state index contributed by atoms with van der Waals surface area (Å²) in [5.74, 6) is -0.466. The van der Waals surface area contributed by atoms with Gasteiger partial charge in [0.1, 0.15) is 0 Å². The van der Waals surface area contributed by atoms with Crippen LogP contribution in [0.4, 0.5) is 4.39 Å². The maximum Gasteiger partial charge on any atom is 0.303 e. The van der Waals surface area contributed by atoms with E-state index in [-0.39, 0.29) is 6.10 Å². The molecule has 0 N–H and O–H groups in total.